The van der Waals surface area contributed by atoms with Gasteiger partial charge < -0.3 is 9.47 Å². The topological polar surface area (TPSA) is 35.5 Å². The zero-order chi connectivity index (χ0) is 13.7. The quantitative estimate of drug-likeness (QED) is 0.821. The molecule has 1 aromatic carbocycles. The fraction of sp³-hybridized carbons (Fsp3) is 0.571. The highest BCUT2D eigenvalue weighted by molar-refractivity contribution is 9.10. The van der Waals surface area contributed by atoms with Gasteiger partial charge in [0.15, 0.2) is 0 Å². The van der Waals surface area contributed by atoms with E-state index in [2.05, 4.69) is 15.9 Å². The molecule has 1 atom stereocenters. The van der Waals surface area contributed by atoms with Gasteiger partial charge in [-0.3, -0.25) is 4.21 Å². The van der Waals surface area contributed by atoms with E-state index in [0.29, 0.717) is 11.7 Å². The summed E-state index contributed by atoms with van der Waals surface area (Å²) in [6, 6.07) is 5.83. The number of hydrogen-bond donors (Lipinski definition) is 0. The lowest BCUT2D eigenvalue weighted by molar-refractivity contribution is 0.0725. The van der Waals surface area contributed by atoms with Gasteiger partial charge in [-0.1, -0.05) is 15.9 Å². The van der Waals surface area contributed by atoms with Gasteiger partial charge in [-0.15, -0.1) is 0 Å². The fourth-order valence-corrected chi connectivity index (χ4v) is 4.23. The van der Waals surface area contributed by atoms with Crippen LogP contribution in [0.4, 0.5) is 0 Å². The van der Waals surface area contributed by atoms with Gasteiger partial charge >= 0.3 is 0 Å². The molecular weight excluding hydrogens is 328 g/mol. The van der Waals surface area contributed by atoms with Crippen molar-refractivity contribution in [3.63, 3.8) is 0 Å². The monoisotopic (exact) mass is 346 g/mol. The first kappa shape index (κ1) is 15.0. The average molecular weight is 347 g/mol. The van der Waals surface area contributed by atoms with Crippen LogP contribution in [0.2, 0.25) is 0 Å². The summed E-state index contributed by atoms with van der Waals surface area (Å²) in [5, 5.41) is 0. The number of rotatable bonds is 5. The Labute approximate surface area is 125 Å². The zero-order valence-corrected chi connectivity index (χ0v) is 13.5. The maximum absolute atomic E-state index is 12.3. The summed E-state index contributed by atoms with van der Waals surface area (Å²) >= 11 is 3.44. The van der Waals surface area contributed by atoms with E-state index < -0.39 is 10.8 Å². The smallest absolute Gasteiger partial charge is 0.123 e. The molecule has 0 saturated carbocycles. The molecule has 1 aliphatic heterocycles. The first-order valence-corrected chi connectivity index (χ1v) is 8.72. The summed E-state index contributed by atoms with van der Waals surface area (Å²) in [6.45, 7) is 1.62. The van der Waals surface area contributed by atoms with Gasteiger partial charge in [-0.05, 0) is 37.0 Å². The van der Waals surface area contributed by atoms with E-state index in [1.54, 1.807) is 7.11 Å². The summed E-state index contributed by atoms with van der Waals surface area (Å²) in [6.07, 6.45) is 2.06. The summed E-state index contributed by atoms with van der Waals surface area (Å²) < 4.78 is 23.9. The van der Waals surface area contributed by atoms with E-state index >= 15 is 0 Å². The van der Waals surface area contributed by atoms with Crippen LogP contribution >= 0.6 is 15.9 Å². The molecule has 2 rings (SSSR count). The molecule has 1 fully saturated rings. The van der Waals surface area contributed by atoms with Crippen molar-refractivity contribution in [2.24, 2.45) is 5.92 Å². The maximum Gasteiger partial charge on any atom is 0.123 e. The molecular formula is C14H19BrO3S. The molecule has 3 nitrogen and oxygen atoms in total. The number of halogens is 1. The van der Waals surface area contributed by atoms with Gasteiger partial charge in [0.2, 0.25) is 0 Å². The lowest BCUT2D eigenvalue weighted by Crippen LogP contribution is -2.21. The van der Waals surface area contributed by atoms with Crippen LogP contribution in [0.15, 0.2) is 22.7 Å². The lowest BCUT2D eigenvalue weighted by Gasteiger charge is -2.21. The molecule has 0 aliphatic carbocycles. The van der Waals surface area contributed by atoms with E-state index in [1.165, 1.54) is 0 Å². The fourth-order valence-electron chi connectivity index (χ4n) is 2.27. The first-order chi connectivity index (χ1) is 9.19. The molecule has 0 bridgehead atoms. The second-order valence-electron chi connectivity index (χ2n) is 4.76. The Morgan fingerprint density at radius 2 is 2.16 bits per heavy atom. The summed E-state index contributed by atoms with van der Waals surface area (Å²) in [5.41, 5.74) is 1.00. The molecule has 1 aromatic rings. The third kappa shape index (κ3) is 4.58. The lowest BCUT2D eigenvalue weighted by atomic mass is 10.0. The van der Waals surface area contributed by atoms with Gasteiger partial charge in [0, 0.05) is 39.8 Å². The molecule has 0 spiro atoms. The standard InChI is InChI=1S/C14H19BrO3S/c1-17-14-3-2-13(15)8-12(14)10-19(16)9-11-4-6-18-7-5-11/h2-3,8,11H,4-7,9-10H2,1H3. The van der Waals surface area contributed by atoms with Crippen molar-refractivity contribution in [1.82, 2.24) is 0 Å². The van der Waals surface area contributed by atoms with Gasteiger partial charge in [0.25, 0.3) is 0 Å². The number of methoxy groups -OCH3 is 1. The SMILES string of the molecule is COc1ccc(Br)cc1CS(=O)CC1CCOCC1. The Kier molecular flexibility index (Phi) is 5.85. The van der Waals surface area contributed by atoms with Gasteiger partial charge in [-0.2, -0.15) is 0 Å². The molecule has 0 radical (unpaired) electrons. The normalized spacial score (nSPS) is 18.2. The van der Waals surface area contributed by atoms with Crippen molar-refractivity contribution in [2.75, 3.05) is 26.1 Å². The Balaban J connectivity index is 1.95. The van der Waals surface area contributed by atoms with Crippen LogP contribution in [0, 0.1) is 5.92 Å². The van der Waals surface area contributed by atoms with Crippen molar-refractivity contribution >= 4 is 26.7 Å². The van der Waals surface area contributed by atoms with Crippen LogP contribution in [-0.4, -0.2) is 30.3 Å². The van der Waals surface area contributed by atoms with Crippen LogP contribution in [0.25, 0.3) is 0 Å². The van der Waals surface area contributed by atoms with Crippen molar-refractivity contribution < 1.29 is 13.7 Å². The second-order valence-corrected chi connectivity index (χ2v) is 7.18. The maximum atomic E-state index is 12.3. The summed E-state index contributed by atoms with van der Waals surface area (Å²) in [7, 11) is 0.802. The molecule has 1 aliphatic rings. The number of hydrogen-bond acceptors (Lipinski definition) is 3. The highest BCUT2D eigenvalue weighted by Crippen LogP contribution is 2.25. The Hall–Kier alpha value is -0.390. The molecule has 0 aromatic heterocycles. The second kappa shape index (κ2) is 7.41. The third-order valence-corrected chi connectivity index (χ3v) is 5.29. The number of benzene rings is 1. The van der Waals surface area contributed by atoms with E-state index in [-0.39, 0.29) is 0 Å². The minimum atomic E-state index is -0.845. The zero-order valence-electron chi connectivity index (χ0n) is 11.1. The predicted octanol–water partition coefficient (Wildman–Crippen LogP) is 3.13. The molecule has 0 amide bonds. The van der Waals surface area contributed by atoms with Crippen LogP contribution in [-0.2, 0) is 21.3 Å². The molecule has 106 valence electrons. The Morgan fingerprint density at radius 3 is 2.84 bits per heavy atom. The van der Waals surface area contributed by atoms with Crippen molar-refractivity contribution in [2.45, 2.75) is 18.6 Å². The van der Waals surface area contributed by atoms with Crippen molar-refractivity contribution in [3.8, 4) is 5.75 Å². The summed E-state index contributed by atoms with van der Waals surface area (Å²) in [5.74, 6) is 2.66. The van der Waals surface area contributed by atoms with E-state index in [0.717, 1.165) is 47.6 Å². The minimum Gasteiger partial charge on any atom is -0.496 e. The Bertz CT molecular complexity index is 444. The molecule has 19 heavy (non-hydrogen) atoms. The van der Waals surface area contributed by atoms with Crippen molar-refractivity contribution in [3.05, 3.63) is 28.2 Å². The molecule has 5 heteroatoms. The largest absolute Gasteiger partial charge is 0.496 e. The summed E-state index contributed by atoms with van der Waals surface area (Å²) in [4.78, 5) is 0. The van der Waals surface area contributed by atoms with Crippen molar-refractivity contribution in [1.29, 1.82) is 0 Å². The van der Waals surface area contributed by atoms with Gasteiger partial charge in [0.1, 0.15) is 5.75 Å². The van der Waals surface area contributed by atoms with E-state index in [1.807, 2.05) is 18.2 Å². The first-order valence-electron chi connectivity index (χ1n) is 6.44. The highest BCUT2D eigenvalue weighted by atomic mass is 79.9. The van der Waals surface area contributed by atoms with Crippen LogP contribution in [0.3, 0.4) is 0 Å². The Morgan fingerprint density at radius 1 is 1.42 bits per heavy atom. The van der Waals surface area contributed by atoms with E-state index in [4.69, 9.17) is 9.47 Å². The van der Waals surface area contributed by atoms with Gasteiger partial charge in [0.05, 0.1) is 12.9 Å². The van der Waals surface area contributed by atoms with Gasteiger partial charge in [-0.25, -0.2) is 0 Å². The van der Waals surface area contributed by atoms with E-state index in [9.17, 15) is 4.21 Å². The molecule has 0 N–H and O–H groups in total. The highest BCUT2D eigenvalue weighted by Gasteiger charge is 2.17. The van der Waals surface area contributed by atoms with Crippen LogP contribution in [0.5, 0.6) is 5.75 Å². The molecule has 1 heterocycles. The predicted molar refractivity (Wildman–Crippen MR) is 81.0 cm³/mol. The van der Waals surface area contributed by atoms with Crippen LogP contribution < -0.4 is 4.74 Å². The third-order valence-electron chi connectivity index (χ3n) is 3.32. The number of ether oxygens (including phenoxy) is 2. The minimum absolute atomic E-state index is 0.535. The van der Waals surface area contributed by atoms with Crippen LogP contribution in [0.1, 0.15) is 18.4 Å². The average Bonchev–Trinajstić information content (AvgIpc) is 2.40. The molecule has 1 unspecified atom stereocenters. The molecule has 1 saturated heterocycles.